The zero-order valence-electron chi connectivity index (χ0n) is 23.5. The molecule has 2 N–H and O–H groups in total. The number of hydrogen-bond donors (Lipinski definition) is 2. The van der Waals surface area contributed by atoms with Crippen molar-refractivity contribution in [2.45, 2.75) is 52.4 Å². The zero-order valence-corrected chi connectivity index (χ0v) is 23.5. The van der Waals surface area contributed by atoms with Crippen LogP contribution in [0.1, 0.15) is 43.0 Å². The Balaban J connectivity index is 1.52. The van der Waals surface area contributed by atoms with E-state index in [9.17, 15) is 22.8 Å². The molecule has 216 valence electrons. The number of aromatic nitrogens is 1. The lowest BCUT2D eigenvalue weighted by Crippen LogP contribution is -2.47. The largest absolute Gasteiger partial charge is 0.416 e. The second kappa shape index (κ2) is 12.9. The van der Waals surface area contributed by atoms with E-state index in [2.05, 4.69) is 17.2 Å². The topological polar surface area (TPSA) is 68.4 Å². The average molecular weight is 565 g/mol. The SMILES string of the molecule is CCc1ccc(NC(=O)N(CC(=O)N(CCc2c[nH]c3ccccc23)Cc2ccc(C(F)(F)F)cc2)C(C)C)cc1. The van der Waals surface area contributed by atoms with Crippen molar-refractivity contribution in [3.05, 3.63) is 101 Å². The normalized spacial score (nSPS) is 11.6. The van der Waals surface area contributed by atoms with Crippen LogP contribution >= 0.6 is 0 Å². The molecule has 6 nitrogen and oxygen atoms in total. The maximum Gasteiger partial charge on any atom is 0.416 e. The number of rotatable bonds is 10. The van der Waals surface area contributed by atoms with Gasteiger partial charge in [0.25, 0.3) is 0 Å². The summed E-state index contributed by atoms with van der Waals surface area (Å²) in [5, 5.41) is 3.92. The van der Waals surface area contributed by atoms with Crippen molar-refractivity contribution in [3.8, 4) is 0 Å². The Morgan fingerprint density at radius 1 is 0.927 bits per heavy atom. The third-order valence-corrected chi connectivity index (χ3v) is 7.14. The Labute approximate surface area is 238 Å². The predicted molar refractivity (Wildman–Crippen MR) is 156 cm³/mol. The number of aromatic amines is 1. The third-order valence-electron chi connectivity index (χ3n) is 7.14. The molecule has 0 spiro atoms. The molecular weight excluding hydrogens is 529 g/mol. The summed E-state index contributed by atoms with van der Waals surface area (Å²) in [7, 11) is 0. The van der Waals surface area contributed by atoms with Gasteiger partial charge in [0, 0.05) is 41.9 Å². The molecule has 0 aliphatic rings. The molecule has 1 heterocycles. The maximum absolute atomic E-state index is 13.7. The number of amides is 3. The van der Waals surface area contributed by atoms with E-state index in [1.54, 1.807) is 4.90 Å². The number of anilines is 1. The second-order valence-electron chi connectivity index (χ2n) is 10.3. The van der Waals surface area contributed by atoms with Crippen molar-refractivity contribution >= 4 is 28.5 Å². The summed E-state index contributed by atoms with van der Waals surface area (Å²) in [5.41, 5.74) is 3.62. The number of nitrogens with zero attached hydrogens (tertiary/aromatic N) is 2. The van der Waals surface area contributed by atoms with E-state index < -0.39 is 17.8 Å². The standard InChI is InChI=1S/C32H35F3N4O2/c1-4-23-11-15-27(16-12-23)37-31(41)39(22(2)3)21-30(40)38(20-24-9-13-26(14-10-24)32(33,34)35)18-17-25-19-36-29-8-6-5-7-28(25)29/h5-16,19,22,36H,4,17-18,20-21H2,1-3H3,(H,37,41). The summed E-state index contributed by atoms with van der Waals surface area (Å²) in [5.74, 6) is -0.296. The summed E-state index contributed by atoms with van der Waals surface area (Å²) in [6.07, 6.45) is -1.11. The number of halogens is 3. The molecule has 0 atom stereocenters. The van der Waals surface area contributed by atoms with Gasteiger partial charge in [0.05, 0.1) is 5.56 Å². The van der Waals surface area contributed by atoms with Crippen LogP contribution in [0.4, 0.5) is 23.7 Å². The summed E-state index contributed by atoms with van der Waals surface area (Å²) >= 11 is 0. The first-order valence-electron chi connectivity index (χ1n) is 13.7. The van der Waals surface area contributed by atoms with Crippen molar-refractivity contribution < 1.29 is 22.8 Å². The van der Waals surface area contributed by atoms with Gasteiger partial charge >= 0.3 is 12.2 Å². The van der Waals surface area contributed by atoms with E-state index >= 15 is 0 Å². The van der Waals surface area contributed by atoms with E-state index in [1.807, 2.05) is 68.6 Å². The third kappa shape index (κ3) is 7.68. The minimum Gasteiger partial charge on any atom is -0.361 e. The minimum absolute atomic E-state index is 0.116. The monoisotopic (exact) mass is 564 g/mol. The van der Waals surface area contributed by atoms with E-state index in [-0.39, 0.29) is 25.0 Å². The molecule has 0 saturated carbocycles. The van der Waals surface area contributed by atoms with E-state index in [4.69, 9.17) is 0 Å². The van der Waals surface area contributed by atoms with Gasteiger partial charge in [-0.2, -0.15) is 13.2 Å². The maximum atomic E-state index is 13.7. The second-order valence-corrected chi connectivity index (χ2v) is 10.3. The molecule has 0 aliphatic heterocycles. The van der Waals surface area contributed by atoms with Crippen molar-refractivity contribution in [2.75, 3.05) is 18.4 Å². The molecule has 0 bridgehead atoms. The highest BCUT2D eigenvalue weighted by molar-refractivity contribution is 5.92. The molecule has 3 amide bonds. The first-order chi connectivity index (χ1) is 19.5. The molecule has 0 radical (unpaired) electrons. The van der Waals surface area contributed by atoms with Crippen LogP contribution in [-0.2, 0) is 30.4 Å². The highest BCUT2D eigenvalue weighted by Gasteiger charge is 2.30. The van der Waals surface area contributed by atoms with Crippen LogP contribution in [-0.4, -0.2) is 45.9 Å². The van der Waals surface area contributed by atoms with Crippen molar-refractivity contribution in [1.82, 2.24) is 14.8 Å². The first-order valence-corrected chi connectivity index (χ1v) is 13.7. The zero-order chi connectivity index (χ0) is 29.6. The molecule has 1 aromatic heterocycles. The molecule has 0 fully saturated rings. The fourth-order valence-corrected chi connectivity index (χ4v) is 4.66. The Morgan fingerprint density at radius 2 is 1.59 bits per heavy atom. The number of hydrogen-bond acceptors (Lipinski definition) is 2. The highest BCUT2D eigenvalue weighted by Crippen LogP contribution is 2.29. The summed E-state index contributed by atoms with van der Waals surface area (Å²) in [6, 6.07) is 19.6. The smallest absolute Gasteiger partial charge is 0.361 e. The van der Waals surface area contributed by atoms with Crippen molar-refractivity contribution in [3.63, 3.8) is 0 Å². The molecule has 4 aromatic rings. The van der Waals surface area contributed by atoms with Crippen molar-refractivity contribution in [1.29, 1.82) is 0 Å². The minimum atomic E-state index is -4.44. The van der Waals surface area contributed by atoms with Crippen LogP contribution in [0, 0.1) is 0 Å². The molecule has 0 saturated heterocycles. The summed E-state index contributed by atoms with van der Waals surface area (Å²) in [4.78, 5) is 33.1. The number of nitrogens with one attached hydrogen (secondary N) is 2. The quantitative estimate of drug-likeness (QED) is 0.213. The van der Waals surface area contributed by atoms with Gasteiger partial charge < -0.3 is 20.1 Å². The van der Waals surface area contributed by atoms with Gasteiger partial charge in [-0.1, -0.05) is 49.4 Å². The molecule has 41 heavy (non-hydrogen) atoms. The lowest BCUT2D eigenvalue weighted by molar-refractivity contribution is -0.137. The van der Waals surface area contributed by atoms with E-state index in [1.165, 1.54) is 17.0 Å². The Hall–Kier alpha value is -4.27. The fourth-order valence-electron chi connectivity index (χ4n) is 4.66. The number of urea groups is 1. The van der Waals surface area contributed by atoms with Gasteiger partial charge in [-0.15, -0.1) is 0 Å². The Morgan fingerprint density at radius 3 is 2.22 bits per heavy atom. The van der Waals surface area contributed by atoms with Crippen LogP contribution < -0.4 is 5.32 Å². The molecule has 4 rings (SSSR count). The molecule has 0 unspecified atom stereocenters. The number of carbonyl (C=O) groups excluding carboxylic acids is 2. The van der Waals surface area contributed by atoms with Gasteiger partial charge in [-0.05, 0) is 73.7 Å². The lowest BCUT2D eigenvalue weighted by Gasteiger charge is -2.30. The highest BCUT2D eigenvalue weighted by atomic mass is 19.4. The molecule has 9 heteroatoms. The number of carbonyl (C=O) groups is 2. The number of para-hydroxylation sites is 1. The summed E-state index contributed by atoms with van der Waals surface area (Å²) < 4.78 is 39.3. The van der Waals surface area contributed by atoms with Crippen molar-refractivity contribution in [2.24, 2.45) is 0 Å². The number of H-pyrrole nitrogens is 1. The van der Waals surface area contributed by atoms with Gasteiger partial charge in [0.15, 0.2) is 0 Å². The number of benzene rings is 3. The fraction of sp³-hybridized carbons (Fsp3) is 0.312. The first kappa shape index (κ1) is 29.7. The predicted octanol–water partition coefficient (Wildman–Crippen LogP) is 7.26. The van der Waals surface area contributed by atoms with Crippen LogP contribution in [0.2, 0.25) is 0 Å². The number of fused-ring (bicyclic) bond motifs is 1. The van der Waals surface area contributed by atoms with Crippen LogP contribution in [0.5, 0.6) is 0 Å². The van der Waals surface area contributed by atoms with Crippen LogP contribution in [0.3, 0.4) is 0 Å². The van der Waals surface area contributed by atoms with Gasteiger partial charge in [-0.25, -0.2) is 4.79 Å². The van der Waals surface area contributed by atoms with Crippen LogP contribution in [0.25, 0.3) is 10.9 Å². The van der Waals surface area contributed by atoms with Gasteiger partial charge in [-0.3, -0.25) is 4.79 Å². The van der Waals surface area contributed by atoms with E-state index in [0.29, 0.717) is 24.2 Å². The average Bonchev–Trinajstić information content (AvgIpc) is 3.36. The Kier molecular flexibility index (Phi) is 9.37. The Bertz CT molecular complexity index is 1460. The van der Waals surface area contributed by atoms with Gasteiger partial charge in [0.1, 0.15) is 6.54 Å². The molecule has 0 aliphatic carbocycles. The molecular formula is C32H35F3N4O2. The van der Waals surface area contributed by atoms with Crippen LogP contribution in [0.15, 0.2) is 79.0 Å². The van der Waals surface area contributed by atoms with Gasteiger partial charge in [0.2, 0.25) is 5.91 Å². The molecule has 3 aromatic carbocycles. The lowest BCUT2D eigenvalue weighted by atomic mass is 10.1. The summed E-state index contributed by atoms with van der Waals surface area (Å²) in [6.45, 7) is 5.98. The van der Waals surface area contributed by atoms with E-state index in [0.717, 1.165) is 40.6 Å². The number of alkyl halides is 3. The number of aryl methyl sites for hydroxylation is 1.